The Bertz CT molecular complexity index is 688. The number of rotatable bonds is 5. The smallest absolute Gasteiger partial charge is 0.229 e. The number of anilines is 1. The second-order valence-electron chi connectivity index (χ2n) is 4.47. The number of hydrogen-bond donors (Lipinski definition) is 1. The normalized spacial score (nSPS) is 10.1. The van der Waals surface area contributed by atoms with Crippen LogP contribution in [0.2, 0.25) is 0 Å². The number of nitrogens with zero attached hydrogens (tertiary/aromatic N) is 2. The number of hydrogen-bond acceptors (Lipinski definition) is 5. The van der Waals surface area contributed by atoms with Crippen molar-refractivity contribution in [1.82, 2.24) is 4.98 Å². The van der Waals surface area contributed by atoms with Crippen molar-refractivity contribution in [2.24, 2.45) is 0 Å². The van der Waals surface area contributed by atoms with Gasteiger partial charge in [0.2, 0.25) is 5.91 Å². The zero-order valence-electron chi connectivity index (χ0n) is 11.8. The third-order valence-electron chi connectivity index (χ3n) is 2.80. The van der Waals surface area contributed by atoms with Gasteiger partial charge >= 0.3 is 0 Å². The maximum absolute atomic E-state index is 12.1. The molecule has 0 saturated carbocycles. The molecule has 0 bridgehead atoms. The number of methoxy groups -OCH3 is 1. The standard InChI is InChI=1S/C15H15N3O2S/c1-10-13(21-15(17-10)9-20-2)7-14(19)18-12-5-3-4-11(6-12)8-16/h3-6H,7,9H2,1-2H3,(H,18,19). The van der Waals surface area contributed by atoms with Crippen molar-refractivity contribution < 1.29 is 9.53 Å². The van der Waals surface area contributed by atoms with Gasteiger partial charge in [-0.25, -0.2) is 4.98 Å². The van der Waals surface area contributed by atoms with E-state index in [0.29, 0.717) is 17.9 Å². The summed E-state index contributed by atoms with van der Waals surface area (Å²) in [7, 11) is 1.62. The van der Waals surface area contributed by atoms with Crippen LogP contribution in [0, 0.1) is 18.3 Å². The van der Waals surface area contributed by atoms with E-state index in [1.807, 2.05) is 13.0 Å². The van der Waals surface area contributed by atoms with Gasteiger partial charge in [0.25, 0.3) is 0 Å². The highest BCUT2D eigenvalue weighted by Gasteiger charge is 2.12. The molecule has 21 heavy (non-hydrogen) atoms. The van der Waals surface area contributed by atoms with Gasteiger partial charge in [0, 0.05) is 17.7 Å². The number of aryl methyl sites for hydroxylation is 1. The number of carbonyl (C=O) groups excluding carboxylic acids is 1. The molecule has 1 amide bonds. The zero-order valence-corrected chi connectivity index (χ0v) is 12.7. The Balaban J connectivity index is 2.03. The predicted molar refractivity (Wildman–Crippen MR) is 81.1 cm³/mol. The van der Waals surface area contributed by atoms with Gasteiger partial charge < -0.3 is 10.1 Å². The highest BCUT2D eigenvalue weighted by molar-refractivity contribution is 7.11. The Morgan fingerprint density at radius 1 is 1.52 bits per heavy atom. The molecule has 0 unspecified atom stereocenters. The van der Waals surface area contributed by atoms with Crippen LogP contribution in [0.15, 0.2) is 24.3 Å². The fraction of sp³-hybridized carbons (Fsp3) is 0.267. The lowest BCUT2D eigenvalue weighted by Gasteiger charge is -2.04. The lowest BCUT2D eigenvalue weighted by atomic mass is 10.2. The van der Waals surface area contributed by atoms with Crippen LogP contribution < -0.4 is 5.32 Å². The van der Waals surface area contributed by atoms with Crippen molar-refractivity contribution in [2.45, 2.75) is 20.0 Å². The number of aromatic nitrogens is 1. The summed E-state index contributed by atoms with van der Waals surface area (Å²) in [5, 5.41) is 12.5. The minimum atomic E-state index is -0.124. The fourth-order valence-electron chi connectivity index (χ4n) is 1.86. The monoisotopic (exact) mass is 301 g/mol. The first-order chi connectivity index (χ1) is 10.1. The number of nitrogens with one attached hydrogen (secondary N) is 1. The highest BCUT2D eigenvalue weighted by atomic mass is 32.1. The molecule has 0 fully saturated rings. The van der Waals surface area contributed by atoms with E-state index in [2.05, 4.69) is 10.3 Å². The minimum absolute atomic E-state index is 0.124. The van der Waals surface area contributed by atoms with Crippen LogP contribution in [0.5, 0.6) is 0 Å². The minimum Gasteiger partial charge on any atom is -0.378 e. The molecular weight excluding hydrogens is 286 g/mol. The summed E-state index contributed by atoms with van der Waals surface area (Å²) in [6, 6.07) is 8.88. The summed E-state index contributed by atoms with van der Waals surface area (Å²) in [4.78, 5) is 17.3. The summed E-state index contributed by atoms with van der Waals surface area (Å²) < 4.78 is 5.04. The summed E-state index contributed by atoms with van der Waals surface area (Å²) in [6.07, 6.45) is 0.268. The number of nitriles is 1. The molecule has 6 heteroatoms. The van der Waals surface area contributed by atoms with Gasteiger partial charge in [-0.15, -0.1) is 11.3 Å². The first kappa shape index (κ1) is 15.2. The third-order valence-corrected chi connectivity index (χ3v) is 3.93. The molecule has 108 valence electrons. The van der Waals surface area contributed by atoms with Crippen LogP contribution in [-0.4, -0.2) is 18.0 Å². The van der Waals surface area contributed by atoms with Gasteiger partial charge in [-0.3, -0.25) is 4.79 Å². The summed E-state index contributed by atoms with van der Waals surface area (Å²) >= 11 is 1.48. The molecular formula is C15H15N3O2S. The van der Waals surface area contributed by atoms with E-state index in [-0.39, 0.29) is 12.3 Å². The third kappa shape index (κ3) is 4.12. The maximum atomic E-state index is 12.1. The molecule has 2 rings (SSSR count). The topological polar surface area (TPSA) is 75.0 Å². The Kier molecular flexibility index (Phi) is 5.04. The van der Waals surface area contributed by atoms with E-state index in [9.17, 15) is 4.79 Å². The van der Waals surface area contributed by atoms with E-state index in [1.54, 1.807) is 31.4 Å². The Morgan fingerprint density at radius 3 is 3.05 bits per heavy atom. The van der Waals surface area contributed by atoms with Gasteiger partial charge in [-0.05, 0) is 25.1 Å². The first-order valence-corrected chi connectivity index (χ1v) is 7.18. The molecule has 0 aliphatic carbocycles. The van der Waals surface area contributed by atoms with Crippen LogP contribution in [0.4, 0.5) is 5.69 Å². The molecule has 1 heterocycles. The van der Waals surface area contributed by atoms with Crippen molar-refractivity contribution in [3.05, 3.63) is 45.4 Å². The van der Waals surface area contributed by atoms with Gasteiger partial charge in [-0.2, -0.15) is 5.26 Å². The number of thiazole rings is 1. The molecule has 1 aromatic heterocycles. The number of benzene rings is 1. The van der Waals surface area contributed by atoms with Gasteiger partial charge in [0.1, 0.15) is 5.01 Å². The van der Waals surface area contributed by atoms with Crippen LogP contribution in [0.1, 0.15) is 21.1 Å². The molecule has 1 N–H and O–H groups in total. The van der Waals surface area contributed by atoms with Gasteiger partial charge in [-0.1, -0.05) is 6.07 Å². The van der Waals surface area contributed by atoms with Crippen molar-refractivity contribution in [3.8, 4) is 6.07 Å². The molecule has 0 radical (unpaired) electrons. The molecule has 5 nitrogen and oxygen atoms in total. The second kappa shape index (κ2) is 6.97. The Morgan fingerprint density at radius 2 is 2.33 bits per heavy atom. The number of ether oxygens (including phenoxy) is 1. The molecule has 0 aliphatic heterocycles. The van der Waals surface area contributed by atoms with Crippen molar-refractivity contribution in [2.75, 3.05) is 12.4 Å². The van der Waals surface area contributed by atoms with Gasteiger partial charge in [0.15, 0.2) is 0 Å². The van der Waals surface area contributed by atoms with E-state index in [4.69, 9.17) is 10.00 Å². The SMILES string of the molecule is COCc1nc(C)c(CC(=O)Nc2cccc(C#N)c2)s1. The molecule has 2 aromatic rings. The molecule has 0 saturated heterocycles. The van der Waals surface area contributed by atoms with E-state index >= 15 is 0 Å². The highest BCUT2D eigenvalue weighted by Crippen LogP contribution is 2.20. The second-order valence-corrected chi connectivity index (χ2v) is 5.63. The summed E-state index contributed by atoms with van der Waals surface area (Å²) in [6.45, 7) is 2.34. The lowest BCUT2D eigenvalue weighted by Crippen LogP contribution is -2.14. The average molecular weight is 301 g/mol. The largest absolute Gasteiger partial charge is 0.378 e. The Hall–Kier alpha value is -2.23. The van der Waals surface area contributed by atoms with Crippen LogP contribution >= 0.6 is 11.3 Å². The predicted octanol–water partition coefficient (Wildman–Crippen LogP) is 2.65. The van der Waals surface area contributed by atoms with Crippen LogP contribution in [0.25, 0.3) is 0 Å². The molecule has 0 atom stereocenters. The van der Waals surface area contributed by atoms with E-state index < -0.39 is 0 Å². The zero-order chi connectivity index (χ0) is 15.2. The number of carbonyl (C=O) groups is 1. The molecule has 0 aliphatic rings. The number of amides is 1. The van der Waals surface area contributed by atoms with E-state index in [1.165, 1.54) is 11.3 Å². The molecule has 0 spiro atoms. The summed E-state index contributed by atoms with van der Waals surface area (Å²) in [5.41, 5.74) is 2.00. The van der Waals surface area contributed by atoms with Crippen molar-refractivity contribution >= 4 is 22.9 Å². The van der Waals surface area contributed by atoms with Crippen LogP contribution in [-0.2, 0) is 22.6 Å². The first-order valence-electron chi connectivity index (χ1n) is 6.36. The quantitative estimate of drug-likeness (QED) is 0.921. The van der Waals surface area contributed by atoms with Crippen molar-refractivity contribution in [3.63, 3.8) is 0 Å². The van der Waals surface area contributed by atoms with Crippen LogP contribution in [0.3, 0.4) is 0 Å². The van der Waals surface area contributed by atoms with Gasteiger partial charge in [0.05, 0.1) is 30.4 Å². The maximum Gasteiger partial charge on any atom is 0.229 e. The van der Waals surface area contributed by atoms with E-state index in [0.717, 1.165) is 15.6 Å². The Labute approximate surface area is 127 Å². The molecule has 1 aromatic carbocycles. The summed E-state index contributed by atoms with van der Waals surface area (Å²) in [5.74, 6) is -0.124. The lowest BCUT2D eigenvalue weighted by molar-refractivity contribution is -0.115. The fourth-order valence-corrected chi connectivity index (χ4v) is 2.90. The average Bonchev–Trinajstić information content (AvgIpc) is 2.79. The van der Waals surface area contributed by atoms with Crippen molar-refractivity contribution in [1.29, 1.82) is 5.26 Å².